The van der Waals surface area contributed by atoms with Gasteiger partial charge >= 0.3 is 0 Å². The molecule has 0 aromatic rings. The van der Waals surface area contributed by atoms with Gasteiger partial charge in [-0.15, -0.1) is 0 Å². The van der Waals surface area contributed by atoms with Gasteiger partial charge in [0.15, 0.2) is 0 Å². The van der Waals surface area contributed by atoms with E-state index in [9.17, 15) is 0 Å². The molecule has 3 N–H and O–H groups in total. The summed E-state index contributed by atoms with van der Waals surface area (Å²) in [4.78, 5) is 0. The molecule has 0 bridgehead atoms. The monoisotopic (exact) mass is 119 g/mol. The molecule has 0 aliphatic rings. The Hall–Kier alpha value is -0.120. The fourth-order valence-electron chi connectivity index (χ4n) is 0.285. The molecule has 8 heavy (non-hydrogen) atoms. The molecule has 2 atom stereocenters. The Morgan fingerprint density at radius 1 is 1.50 bits per heavy atom. The largest absolute Gasteiger partial charge is 0.396 e. The van der Waals surface area contributed by atoms with Gasteiger partial charge in [0, 0.05) is 12.6 Å². The van der Waals surface area contributed by atoms with Crippen molar-refractivity contribution in [3.05, 3.63) is 0 Å². The minimum Gasteiger partial charge on any atom is -0.396 e. The third-order valence-electron chi connectivity index (χ3n) is 1.35. The van der Waals surface area contributed by atoms with Crippen molar-refractivity contribution in [1.29, 1.82) is 0 Å². The van der Waals surface area contributed by atoms with Crippen molar-refractivity contribution in [3.8, 4) is 0 Å². The fourth-order valence-corrected chi connectivity index (χ4v) is 0.285. The van der Waals surface area contributed by atoms with Crippen LogP contribution in [0.1, 0.15) is 13.8 Å². The maximum absolute atomic E-state index is 8.49. The summed E-state index contributed by atoms with van der Waals surface area (Å²) in [5, 5.41) is 16.8. The van der Waals surface area contributed by atoms with Gasteiger partial charge in [-0.3, -0.25) is 0 Å². The molecule has 0 aliphatic heterocycles. The van der Waals surface area contributed by atoms with E-state index in [2.05, 4.69) is 5.48 Å². The van der Waals surface area contributed by atoms with Crippen LogP contribution in [0.25, 0.3) is 0 Å². The van der Waals surface area contributed by atoms with Crippen molar-refractivity contribution in [2.75, 3.05) is 6.61 Å². The molecule has 2 unspecified atom stereocenters. The summed E-state index contributed by atoms with van der Waals surface area (Å²) in [6.07, 6.45) is 0. The van der Waals surface area contributed by atoms with E-state index in [1.54, 1.807) is 6.92 Å². The maximum atomic E-state index is 8.49. The Kier molecular flexibility index (Phi) is 3.77. The van der Waals surface area contributed by atoms with Gasteiger partial charge in [-0.2, -0.15) is 0 Å². The number of nitrogens with one attached hydrogen (secondary N) is 1. The Morgan fingerprint density at radius 3 is 2.12 bits per heavy atom. The Morgan fingerprint density at radius 2 is 2.00 bits per heavy atom. The Labute approximate surface area is 49.3 Å². The molecule has 0 radical (unpaired) electrons. The van der Waals surface area contributed by atoms with Gasteiger partial charge in [-0.25, -0.2) is 5.48 Å². The van der Waals surface area contributed by atoms with Crippen molar-refractivity contribution in [2.24, 2.45) is 5.92 Å². The number of rotatable bonds is 3. The van der Waals surface area contributed by atoms with E-state index >= 15 is 0 Å². The topological polar surface area (TPSA) is 52.5 Å². The number of hydrogen-bond acceptors (Lipinski definition) is 3. The summed E-state index contributed by atoms with van der Waals surface area (Å²) in [5.74, 6) is 0.111. The lowest BCUT2D eigenvalue weighted by molar-refractivity contribution is 0.0878. The van der Waals surface area contributed by atoms with E-state index in [0.717, 1.165) is 0 Å². The van der Waals surface area contributed by atoms with Gasteiger partial charge in [-0.05, 0) is 12.8 Å². The van der Waals surface area contributed by atoms with Crippen LogP contribution in [0.4, 0.5) is 0 Å². The zero-order chi connectivity index (χ0) is 6.57. The van der Waals surface area contributed by atoms with Gasteiger partial charge in [-0.1, -0.05) is 6.92 Å². The molecule has 0 rings (SSSR count). The van der Waals surface area contributed by atoms with Crippen LogP contribution < -0.4 is 5.48 Å². The van der Waals surface area contributed by atoms with Crippen molar-refractivity contribution in [3.63, 3.8) is 0 Å². The molecule has 3 nitrogen and oxygen atoms in total. The molecule has 3 heteroatoms. The Balaban J connectivity index is 3.29. The van der Waals surface area contributed by atoms with Crippen LogP contribution >= 0.6 is 0 Å². The van der Waals surface area contributed by atoms with Crippen molar-refractivity contribution in [2.45, 2.75) is 19.9 Å². The first-order chi connectivity index (χ1) is 3.72. The predicted molar refractivity (Wildman–Crippen MR) is 30.6 cm³/mol. The molecular weight excluding hydrogens is 106 g/mol. The molecule has 0 fully saturated rings. The summed E-state index contributed by atoms with van der Waals surface area (Å²) in [7, 11) is 0. The minimum absolute atomic E-state index is 0.0278. The van der Waals surface area contributed by atoms with Gasteiger partial charge in [0.2, 0.25) is 0 Å². The number of aliphatic hydroxyl groups excluding tert-OH is 1. The zero-order valence-corrected chi connectivity index (χ0v) is 5.26. The molecule has 0 aliphatic carbocycles. The lowest BCUT2D eigenvalue weighted by atomic mass is 10.1. The van der Waals surface area contributed by atoms with Crippen molar-refractivity contribution >= 4 is 0 Å². The standard InChI is InChI=1S/C5H13NO2/c1-4(3-7)5(2)6-8/h4-8H,3H2,1-2H3. The number of aliphatic hydroxyl groups is 1. The highest BCUT2D eigenvalue weighted by atomic mass is 16.5. The molecular formula is C5H13NO2. The third-order valence-corrected chi connectivity index (χ3v) is 1.35. The molecule has 50 valence electrons. The highest BCUT2D eigenvalue weighted by molar-refractivity contribution is 4.61. The average molecular weight is 119 g/mol. The second-order valence-electron chi connectivity index (χ2n) is 2.08. The van der Waals surface area contributed by atoms with Crippen LogP contribution in [0.15, 0.2) is 0 Å². The first-order valence-electron chi connectivity index (χ1n) is 2.72. The normalized spacial score (nSPS) is 18.0. The number of hydrogen-bond donors (Lipinski definition) is 3. The Bertz CT molecular complexity index is 50.4. The van der Waals surface area contributed by atoms with Gasteiger partial charge in [0.1, 0.15) is 0 Å². The van der Waals surface area contributed by atoms with Gasteiger partial charge in [0.05, 0.1) is 0 Å². The second kappa shape index (κ2) is 3.83. The summed E-state index contributed by atoms with van der Waals surface area (Å²) >= 11 is 0. The first-order valence-corrected chi connectivity index (χ1v) is 2.72. The SMILES string of the molecule is CC(CO)C(C)NO. The van der Waals surface area contributed by atoms with Crippen molar-refractivity contribution in [1.82, 2.24) is 5.48 Å². The van der Waals surface area contributed by atoms with E-state index in [-0.39, 0.29) is 18.6 Å². The predicted octanol–water partition coefficient (Wildman–Crippen LogP) is -0.0179. The lowest BCUT2D eigenvalue weighted by Crippen LogP contribution is -2.30. The number of hydroxylamine groups is 1. The summed E-state index contributed by atoms with van der Waals surface area (Å²) in [6, 6.07) is -0.0278. The van der Waals surface area contributed by atoms with Gasteiger partial charge < -0.3 is 10.3 Å². The molecule has 0 saturated carbocycles. The van der Waals surface area contributed by atoms with E-state index < -0.39 is 0 Å². The van der Waals surface area contributed by atoms with Crippen LogP contribution in [-0.2, 0) is 0 Å². The fraction of sp³-hybridized carbons (Fsp3) is 1.00. The van der Waals surface area contributed by atoms with E-state index in [4.69, 9.17) is 10.3 Å². The lowest BCUT2D eigenvalue weighted by Gasteiger charge is -2.14. The smallest absolute Gasteiger partial charge is 0.0472 e. The quantitative estimate of drug-likeness (QED) is 0.458. The summed E-state index contributed by atoms with van der Waals surface area (Å²) in [5.41, 5.74) is 2.06. The molecule has 0 aromatic carbocycles. The molecule has 0 amide bonds. The van der Waals surface area contributed by atoms with Gasteiger partial charge in [0.25, 0.3) is 0 Å². The second-order valence-corrected chi connectivity index (χ2v) is 2.08. The van der Waals surface area contributed by atoms with E-state index in [1.807, 2.05) is 6.92 Å². The summed E-state index contributed by atoms with van der Waals surface area (Å²) < 4.78 is 0. The third kappa shape index (κ3) is 2.26. The zero-order valence-electron chi connectivity index (χ0n) is 5.26. The highest BCUT2D eigenvalue weighted by Gasteiger charge is 2.07. The van der Waals surface area contributed by atoms with E-state index in [0.29, 0.717) is 0 Å². The molecule has 0 saturated heterocycles. The van der Waals surface area contributed by atoms with Crippen LogP contribution in [0.3, 0.4) is 0 Å². The van der Waals surface area contributed by atoms with Crippen LogP contribution in [0, 0.1) is 5.92 Å². The highest BCUT2D eigenvalue weighted by Crippen LogP contribution is 1.97. The van der Waals surface area contributed by atoms with E-state index in [1.165, 1.54) is 0 Å². The average Bonchev–Trinajstić information content (AvgIpc) is 1.84. The van der Waals surface area contributed by atoms with Crippen LogP contribution in [0.2, 0.25) is 0 Å². The minimum atomic E-state index is -0.0278. The maximum Gasteiger partial charge on any atom is 0.0472 e. The van der Waals surface area contributed by atoms with Crippen molar-refractivity contribution < 1.29 is 10.3 Å². The first kappa shape index (κ1) is 7.88. The van der Waals surface area contributed by atoms with Crippen LogP contribution in [-0.4, -0.2) is 23.0 Å². The molecule has 0 spiro atoms. The molecule has 0 aromatic heterocycles. The summed E-state index contributed by atoms with van der Waals surface area (Å²) in [6.45, 7) is 3.77. The van der Waals surface area contributed by atoms with Crippen LogP contribution in [0.5, 0.6) is 0 Å². The molecule has 0 heterocycles.